The molecule has 1 atom stereocenters. The number of thiazole rings is 1. The molecule has 3 rings (SSSR count). The highest BCUT2D eigenvalue weighted by Gasteiger charge is 2.14. The van der Waals surface area contributed by atoms with Crippen LogP contribution in [0, 0.1) is 13.8 Å². The quantitative estimate of drug-likeness (QED) is 0.747. The van der Waals surface area contributed by atoms with E-state index in [0.29, 0.717) is 6.04 Å². The van der Waals surface area contributed by atoms with Gasteiger partial charge in [0.05, 0.1) is 10.7 Å². The number of benzene rings is 1. The Kier molecular flexibility index (Phi) is 3.87. The summed E-state index contributed by atoms with van der Waals surface area (Å²) in [5.74, 6) is 0. The Morgan fingerprint density at radius 3 is 2.75 bits per heavy atom. The predicted octanol–water partition coefficient (Wildman–Crippen LogP) is 4.83. The molecule has 1 unspecified atom stereocenters. The molecule has 2 aromatic heterocycles. The third-order valence-electron chi connectivity index (χ3n) is 3.53. The summed E-state index contributed by atoms with van der Waals surface area (Å²) in [4.78, 5) is 5.93. The van der Waals surface area contributed by atoms with Gasteiger partial charge in [-0.2, -0.15) is 0 Å². The third-order valence-corrected chi connectivity index (χ3v) is 5.81. The molecule has 0 saturated heterocycles. The van der Waals surface area contributed by atoms with Crippen LogP contribution in [-0.4, -0.2) is 4.98 Å². The van der Waals surface area contributed by atoms with Gasteiger partial charge in [0.1, 0.15) is 0 Å². The fraction of sp³-hybridized carbons (Fsp3) is 0.312. The van der Waals surface area contributed by atoms with E-state index in [1.165, 1.54) is 20.5 Å². The molecule has 20 heavy (non-hydrogen) atoms. The van der Waals surface area contributed by atoms with E-state index in [1.54, 1.807) is 11.3 Å². The summed E-state index contributed by atoms with van der Waals surface area (Å²) in [6.07, 6.45) is 0. The molecular weight excluding hydrogens is 284 g/mol. The minimum Gasteiger partial charge on any atom is -0.304 e. The van der Waals surface area contributed by atoms with E-state index in [0.717, 1.165) is 17.2 Å². The lowest BCUT2D eigenvalue weighted by atomic mass is 10.1. The van der Waals surface area contributed by atoms with Crippen LogP contribution in [0.1, 0.15) is 34.1 Å². The molecule has 2 nitrogen and oxygen atoms in total. The lowest BCUT2D eigenvalue weighted by Crippen LogP contribution is -2.18. The van der Waals surface area contributed by atoms with Crippen molar-refractivity contribution in [1.82, 2.24) is 10.3 Å². The SMILES string of the molecule is Cc1nc(CNC(C)c2sc3ccccc3c2C)cs1. The van der Waals surface area contributed by atoms with Crippen molar-refractivity contribution in [3.05, 3.63) is 50.8 Å². The maximum absolute atomic E-state index is 4.50. The van der Waals surface area contributed by atoms with Gasteiger partial charge in [0.15, 0.2) is 0 Å². The standard InChI is InChI=1S/C16H18N2S2/c1-10-14-6-4-5-7-15(14)20-16(10)11(2)17-8-13-9-19-12(3)18-13/h4-7,9,11,17H,8H2,1-3H3. The maximum atomic E-state index is 4.50. The Labute approximate surface area is 127 Å². The summed E-state index contributed by atoms with van der Waals surface area (Å²) < 4.78 is 1.37. The molecule has 0 spiro atoms. The van der Waals surface area contributed by atoms with Gasteiger partial charge in [0, 0.05) is 27.5 Å². The van der Waals surface area contributed by atoms with Gasteiger partial charge in [0.2, 0.25) is 0 Å². The summed E-state index contributed by atoms with van der Waals surface area (Å²) >= 11 is 3.60. The van der Waals surface area contributed by atoms with Crippen molar-refractivity contribution in [1.29, 1.82) is 0 Å². The van der Waals surface area contributed by atoms with Crippen molar-refractivity contribution in [3.8, 4) is 0 Å². The van der Waals surface area contributed by atoms with Crippen LogP contribution in [0.15, 0.2) is 29.6 Å². The van der Waals surface area contributed by atoms with Gasteiger partial charge in [-0.1, -0.05) is 18.2 Å². The van der Waals surface area contributed by atoms with E-state index >= 15 is 0 Å². The highest BCUT2D eigenvalue weighted by Crippen LogP contribution is 2.34. The fourth-order valence-corrected chi connectivity index (χ4v) is 4.30. The number of nitrogens with zero attached hydrogens (tertiary/aromatic N) is 1. The molecule has 0 radical (unpaired) electrons. The zero-order chi connectivity index (χ0) is 14.1. The Morgan fingerprint density at radius 2 is 2.05 bits per heavy atom. The predicted molar refractivity (Wildman–Crippen MR) is 88.7 cm³/mol. The summed E-state index contributed by atoms with van der Waals surface area (Å²) in [6, 6.07) is 8.99. The summed E-state index contributed by atoms with van der Waals surface area (Å²) in [5.41, 5.74) is 2.54. The van der Waals surface area contributed by atoms with Gasteiger partial charge in [0.25, 0.3) is 0 Å². The zero-order valence-corrected chi connectivity index (χ0v) is 13.6. The Hall–Kier alpha value is -1.23. The van der Waals surface area contributed by atoms with E-state index in [4.69, 9.17) is 0 Å². The summed E-state index contributed by atoms with van der Waals surface area (Å²) in [7, 11) is 0. The van der Waals surface area contributed by atoms with Gasteiger partial charge in [-0.05, 0) is 37.8 Å². The van der Waals surface area contributed by atoms with Crippen LogP contribution < -0.4 is 5.32 Å². The van der Waals surface area contributed by atoms with Gasteiger partial charge < -0.3 is 5.32 Å². The molecule has 0 saturated carbocycles. The molecule has 0 aliphatic carbocycles. The molecule has 1 aromatic carbocycles. The number of hydrogen-bond donors (Lipinski definition) is 1. The molecule has 0 aliphatic rings. The Morgan fingerprint density at radius 1 is 1.25 bits per heavy atom. The molecule has 0 amide bonds. The van der Waals surface area contributed by atoms with E-state index in [-0.39, 0.29) is 0 Å². The Bertz CT molecular complexity index is 727. The highest BCUT2D eigenvalue weighted by atomic mass is 32.1. The van der Waals surface area contributed by atoms with E-state index in [9.17, 15) is 0 Å². The second-order valence-electron chi connectivity index (χ2n) is 5.05. The van der Waals surface area contributed by atoms with Crippen LogP contribution in [0.2, 0.25) is 0 Å². The van der Waals surface area contributed by atoms with Crippen molar-refractivity contribution in [2.75, 3.05) is 0 Å². The van der Waals surface area contributed by atoms with Crippen LogP contribution >= 0.6 is 22.7 Å². The summed E-state index contributed by atoms with van der Waals surface area (Å²) in [5, 5.41) is 8.23. The minimum atomic E-state index is 0.356. The van der Waals surface area contributed by atoms with Gasteiger partial charge in [-0.3, -0.25) is 0 Å². The van der Waals surface area contributed by atoms with Crippen LogP contribution in [0.25, 0.3) is 10.1 Å². The van der Waals surface area contributed by atoms with E-state index in [1.807, 2.05) is 18.3 Å². The largest absolute Gasteiger partial charge is 0.304 e. The van der Waals surface area contributed by atoms with Gasteiger partial charge in [-0.15, -0.1) is 22.7 Å². The molecule has 0 aliphatic heterocycles. The second-order valence-corrected chi connectivity index (χ2v) is 7.19. The topological polar surface area (TPSA) is 24.9 Å². The molecule has 3 aromatic rings. The number of aryl methyl sites for hydroxylation is 2. The van der Waals surface area contributed by atoms with Crippen molar-refractivity contribution in [3.63, 3.8) is 0 Å². The van der Waals surface area contributed by atoms with Crippen LogP contribution in [0.3, 0.4) is 0 Å². The molecule has 104 valence electrons. The van der Waals surface area contributed by atoms with E-state index in [2.05, 4.69) is 53.8 Å². The molecule has 2 heterocycles. The third kappa shape index (κ3) is 2.64. The molecule has 1 N–H and O–H groups in total. The fourth-order valence-electron chi connectivity index (χ4n) is 2.45. The van der Waals surface area contributed by atoms with Crippen molar-refractivity contribution >= 4 is 32.8 Å². The number of aromatic nitrogens is 1. The van der Waals surface area contributed by atoms with Gasteiger partial charge in [-0.25, -0.2) is 4.98 Å². The first-order chi connectivity index (χ1) is 9.65. The number of hydrogen-bond acceptors (Lipinski definition) is 4. The minimum absolute atomic E-state index is 0.356. The number of nitrogens with one attached hydrogen (secondary N) is 1. The molecule has 4 heteroatoms. The Balaban J connectivity index is 1.78. The van der Waals surface area contributed by atoms with Gasteiger partial charge >= 0.3 is 0 Å². The average molecular weight is 302 g/mol. The lowest BCUT2D eigenvalue weighted by molar-refractivity contribution is 0.575. The van der Waals surface area contributed by atoms with Crippen LogP contribution in [0.5, 0.6) is 0 Å². The van der Waals surface area contributed by atoms with Crippen LogP contribution in [-0.2, 0) is 6.54 Å². The zero-order valence-electron chi connectivity index (χ0n) is 11.9. The second kappa shape index (κ2) is 5.64. The number of thiophene rings is 1. The maximum Gasteiger partial charge on any atom is 0.0897 e. The first-order valence-corrected chi connectivity index (χ1v) is 8.47. The number of fused-ring (bicyclic) bond motifs is 1. The summed E-state index contributed by atoms with van der Waals surface area (Å²) in [6.45, 7) is 7.34. The van der Waals surface area contributed by atoms with Crippen LogP contribution in [0.4, 0.5) is 0 Å². The lowest BCUT2D eigenvalue weighted by Gasteiger charge is -2.12. The number of rotatable bonds is 4. The first kappa shape index (κ1) is 13.7. The van der Waals surface area contributed by atoms with Crippen molar-refractivity contribution < 1.29 is 0 Å². The highest BCUT2D eigenvalue weighted by molar-refractivity contribution is 7.19. The molecule has 0 bridgehead atoms. The normalized spacial score (nSPS) is 12.9. The smallest absolute Gasteiger partial charge is 0.0897 e. The van der Waals surface area contributed by atoms with E-state index < -0.39 is 0 Å². The molecule has 0 fully saturated rings. The van der Waals surface area contributed by atoms with Crippen molar-refractivity contribution in [2.24, 2.45) is 0 Å². The monoisotopic (exact) mass is 302 g/mol. The first-order valence-electron chi connectivity index (χ1n) is 6.77. The molecular formula is C16H18N2S2. The van der Waals surface area contributed by atoms with Crippen molar-refractivity contribution in [2.45, 2.75) is 33.4 Å². The average Bonchev–Trinajstić information content (AvgIpc) is 3.01.